The van der Waals surface area contributed by atoms with Crippen LogP contribution in [0.1, 0.15) is 13.8 Å². The van der Waals surface area contributed by atoms with Crippen molar-refractivity contribution in [2.24, 2.45) is 0 Å². The van der Waals surface area contributed by atoms with E-state index in [1.165, 1.54) is 12.0 Å². The highest BCUT2D eigenvalue weighted by Crippen LogP contribution is 2.28. The van der Waals surface area contributed by atoms with E-state index < -0.39 is 0 Å². The van der Waals surface area contributed by atoms with Gasteiger partial charge in [0.2, 0.25) is 6.41 Å². The molecule has 3 N–H and O–H groups in total. The maximum atomic E-state index is 10.4. The number of anilines is 5. The van der Waals surface area contributed by atoms with Crippen molar-refractivity contribution in [2.45, 2.75) is 13.8 Å². The summed E-state index contributed by atoms with van der Waals surface area (Å²) in [6, 6.07) is 15.2. The summed E-state index contributed by atoms with van der Waals surface area (Å²) in [5.74, 6) is 1.09. The third-order valence-corrected chi connectivity index (χ3v) is 4.98. The van der Waals surface area contributed by atoms with E-state index in [1.807, 2.05) is 18.2 Å². The molecule has 9 heteroatoms. The van der Waals surface area contributed by atoms with E-state index in [0.29, 0.717) is 28.1 Å². The number of benzene rings is 2. The summed E-state index contributed by atoms with van der Waals surface area (Å²) < 4.78 is 0. The maximum Gasteiger partial charge on any atom is 0.212 e. The molecule has 0 aliphatic rings. The Morgan fingerprint density at radius 1 is 0.968 bits per heavy atom. The molecule has 164 valence electrons. The van der Waals surface area contributed by atoms with Gasteiger partial charge in [-0.15, -0.1) is 0 Å². The third-order valence-electron chi connectivity index (χ3n) is 4.35. The van der Waals surface area contributed by atoms with E-state index in [0.717, 1.165) is 24.5 Å². The van der Waals surface area contributed by atoms with Crippen molar-refractivity contribution in [3.63, 3.8) is 0 Å². The van der Waals surface area contributed by atoms with E-state index in [1.54, 1.807) is 25.2 Å². The normalized spacial score (nSPS) is 9.84. The van der Waals surface area contributed by atoms with Gasteiger partial charge in [-0.1, -0.05) is 29.3 Å². The molecular formula is C22H26Cl2N6O. The van der Waals surface area contributed by atoms with E-state index in [-0.39, 0.29) is 0 Å². The molecule has 0 aliphatic carbocycles. The minimum Gasteiger partial charge on any atom is -0.386 e. The SMILES string of the molecule is CCN(CC)c1ccc(Nc2cc(NC=O)ncn2)cc1.CNc1c(Cl)cccc1Cl. The lowest BCUT2D eigenvalue weighted by Crippen LogP contribution is -2.21. The van der Waals surface area contributed by atoms with Crippen molar-refractivity contribution in [3.8, 4) is 0 Å². The first kappa shape index (κ1) is 24.2. The first-order valence-corrected chi connectivity index (χ1v) is 10.5. The van der Waals surface area contributed by atoms with Crippen LogP contribution >= 0.6 is 23.2 Å². The highest BCUT2D eigenvalue weighted by molar-refractivity contribution is 6.39. The molecule has 1 amide bonds. The number of aromatic nitrogens is 2. The van der Waals surface area contributed by atoms with E-state index in [9.17, 15) is 4.79 Å². The Labute approximate surface area is 192 Å². The molecule has 7 nitrogen and oxygen atoms in total. The van der Waals surface area contributed by atoms with Gasteiger partial charge < -0.3 is 20.9 Å². The van der Waals surface area contributed by atoms with Crippen LogP contribution in [0, 0.1) is 0 Å². The zero-order chi connectivity index (χ0) is 22.6. The molecule has 0 saturated carbocycles. The van der Waals surface area contributed by atoms with Crippen LogP contribution < -0.4 is 20.9 Å². The summed E-state index contributed by atoms with van der Waals surface area (Å²) >= 11 is 11.6. The second-order valence-corrected chi connectivity index (χ2v) is 7.06. The predicted octanol–water partition coefficient (Wildman–Crippen LogP) is 5.67. The highest BCUT2D eigenvalue weighted by atomic mass is 35.5. The second kappa shape index (κ2) is 12.6. The largest absolute Gasteiger partial charge is 0.386 e. The van der Waals surface area contributed by atoms with Crippen LogP contribution in [0.3, 0.4) is 0 Å². The molecule has 0 unspecified atom stereocenters. The summed E-state index contributed by atoms with van der Waals surface area (Å²) in [5, 5.41) is 9.87. The van der Waals surface area contributed by atoms with Crippen molar-refractivity contribution in [1.29, 1.82) is 0 Å². The number of hydrogen-bond donors (Lipinski definition) is 3. The lowest BCUT2D eigenvalue weighted by molar-refractivity contribution is -0.105. The summed E-state index contributed by atoms with van der Waals surface area (Å²) in [4.78, 5) is 20.7. The Bertz CT molecular complexity index is 944. The number of nitrogens with zero attached hydrogens (tertiary/aromatic N) is 3. The minimum atomic E-state index is 0.460. The number of rotatable bonds is 8. The van der Waals surface area contributed by atoms with Gasteiger partial charge in [0.25, 0.3) is 0 Å². The Morgan fingerprint density at radius 2 is 1.58 bits per heavy atom. The van der Waals surface area contributed by atoms with Gasteiger partial charge in [0, 0.05) is 37.6 Å². The molecule has 0 atom stereocenters. The zero-order valence-corrected chi connectivity index (χ0v) is 19.2. The molecule has 31 heavy (non-hydrogen) atoms. The fourth-order valence-corrected chi connectivity index (χ4v) is 3.38. The highest BCUT2D eigenvalue weighted by Gasteiger charge is 2.03. The predicted molar refractivity (Wildman–Crippen MR) is 131 cm³/mol. The zero-order valence-electron chi connectivity index (χ0n) is 17.7. The van der Waals surface area contributed by atoms with Gasteiger partial charge in [-0.2, -0.15) is 0 Å². The Balaban J connectivity index is 0.000000285. The molecule has 0 spiro atoms. The van der Waals surface area contributed by atoms with Crippen LogP contribution in [0.25, 0.3) is 0 Å². The van der Waals surface area contributed by atoms with Gasteiger partial charge in [0.15, 0.2) is 0 Å². The molecular weight excluding hydrogens is 435 g/mol. The topological polar surface area (TPSA) is 82.2 Å². The Hall–Kier alpha value is -3.03. The minimum absolute atomic E-state index is 0.460. The lowest BCUT2D eigenvalue weighted by Gasteiger charge is -2.21. The average Bonchev–Trinajstić information content (AvgIpc) is 2.77. The molecule has 0 fully saturated rings. The first-order chi connectivity index (χ1) is 15.0. The van der Waals surface area contributed by atoms with E-state index in [4.69, 9.17) is 23.2 Å². The Kier molecular flexibility index (Phi) is 9.87. The fourth-order valence-electron chi connectivity index (χ4n) is 2.79. The second-order valence-electron chi connectivity index (χ2n) is 6.24. The summed E-state index contributed by atoms with van der Waals surface area (Å²) in [6.07, 6.45) is 1.99. The van der Waals surface area contributed by atoms with Gasteiger partial charge in [0.05, 0.1) is 15.7 Å². The lowest BCUT2D eigenvalue weighted by atomic mass is 10.2. The monoisotopic (exact) mass is 460 g/mol. The number of hydrogen-bond acceptors (Lipinski definition) is 6. The van der Waals surface area contributed by atoms with Crippen LogP contribution in [-0.2, 0) is 4.79 Å². The summed E-state index contributed by atoms with van der Waals surface area (Å²) in [5.41, 5.74) is 2.91. The quantitative estimate of drug-likeness (QED) is 0.375. The first-order valence-electron chi connectivity index (χ1n) is 9.78. The molecule has 2 aromatic carbocycles. The number of carbonyl (C=O) groups excluding carboxylic acids is 1. The molecule has 0 bridgehead atoms. The third kappa shape index (κ3) is 7.31. The molecule has 0 aliphatic heterocycles. The van der Waals surface area contributed by atoms with Crippen LogP contribution in [-0.4, -0.2) is 36.5 Å². The number of halogens is 2. The average molecular weight is 461 g/mol. The van der Waals surface area contributed by atoms with Crippen LogP contribution in [0.2, 0.25) is 10.0 Å². The van der Waals surface area contributed by atoms with Crippen LogP contribution in [0.5, 0.6) is 0 Å². The molecule has 3 rings (SSSR count). The molecule has 0 saturated heterocycles. The van der Waals surface area contributed by atoms with Crippen molar-refractivity contribution in [2.75, 3.05) is 41.0 Å². The summed E-state index contributed by atoms with van der Waals surface area (Å²) in [6.45, 7) is 6.24. The van der Waals surface area contributed by atoms with Gasteiger partial charge in [-0.25, -0.2) is 9.97 Å². The fraction of sp³-hybridized carbons (Fsp3) is 0.227. The number of para-hydroxylation sites is 1. The number of nitrogens with one attached hydrogen (secondary N) is 3. The van der Waals surface area contributed by atoms with E-state index in [2.05, 4.69) is 56.8 Å². The van der Waals surface area contributed by atoms with Crippen molar-refractivity contribution in [1.82, 2.24) is 9.97 Å². The van der Waals surface area contributed by atoms with Crippen molar-refractivity contribution >= 4 is 58.3 Å². The van der Waals surface area contributed by atoms with Crippen molar-refractivity contribution in [3.05, 3.63) is 64.9 Å². The molecule has 1 aromatic heterocycles. The van der Waals surface area contributed by atoms with Gasteiger partial charge in [-0.3, -0.25) is 4.79 Å². The maximum absolute atomic E-state index is 10.4. The molecule has 0 radical (unpaired) electrons. The number of carbonyl (C=O) groups is 1. The Morgan fingerprint density at radius 3 is 2.10 bits per heavy atom. The van der Waals surface area contributed by atoms with Crippen LogP contribution in [0.15, 0.2) is 54.9 Å². The van der Waals surface area contributed by atoms with E-state index >= 15 is 0 Å². The van der Waals surface area contributed by atoms with Crippen LogP contribution in [0.4, 0.5) is 28.7 Å². The van der Waals surface area contributed by atoms with Gasteiger partial charge in [-0.05, 0) is 50.2 Å². The smallest absolute Gasteiger partial charge is 0.212 e. The molecule has 1 heterocycles. The number of amides is 1. The van der Waals surface area contributed by atoms with Crippen molar-refractivity contribution < 1.29 is 4.79 Å². The summed E-state index contributed by atoms with van der Waals surface area (Å²) in [7, 11) is 1.78. The van der Waals surface area contributed by atoms with Gasteiger partial charge >= 0.3 is 0 Å². The van der Waals surface area contributed by atoms with Gasteiger partial charge in [0.1, 0.15) is 18.0 Å². The standard InChI is InChI=1S/C15H19N5O.C7H7Cl2N/c1-3-20(4-2)13-7-5-12(6-8-13)19-15-9-14(18-11-21)16-10-17-15;1-10-7-5(8)3-2-4-6(7)9/h5-11H,3-4H2,1-2H3,(H2,16,17,18,19,21);2-4,10H,1H3. The molecule has 3 aromatic rings.